The Morgan fingerprint density at radius 2 is 2.13 bits per heavy atom. The molecular weight excluding hydrogens is 294 g/mol. The zero-order valence-corrected chi connectivity index (χ0v) is 14.0. The van der Waals surface area contributed by atoms with E-state index in [1.807, 2.05) is 17.0 Å². The molecule has 23 heavy (non-hydrogen) atoms. The number of methoxy groups -OCH3 is 2. The molecule has 3 heterocycles. The molecule has 1 spiro atoms. The Morgan fingerprint density at radius 3 is 2.91 bits per heavy atom. The quantitative estimate of drug-likeness (QED) is 0.787. The Morgan fingerprint density at radius 1 is 1.30 bits per heavy atom. The van der Waals surface area contributed by atoms with Gasteiger partial charge in [-0.25, -0.2) is 4.98 Å². The second-order valence-corrected chi connectivity index (χ2v) is 6.48. The van der Waals surface area contributed by atoms with Crippen LogP contribution in [0.15, 0.2) is 18.3 Å². The molecule has 2 aliphatic rings. The molecule has 126 valence electrons. The molecule has 2 aliphatic heterocycles. The Labute approximate surface area is 137 Å². The number of hydrogen-bond acceptors (Lipinski definition) is 5. The van der Waals surface area contributed by atoms with Crippen LogP contribution < -0.4 is 4.74 Å². The number of ether oxygens (including phenoxy) is 2. The maximum Gasteiger partial charge on any atom is 0.230 e. The van der Waals surface area contributed by atoms with Crippen LogP contribution in [0.1, 0.15) is 18.4 Å². The summed E-state index contributed by atoms with van der Waals surface area (Å²) >= 11 is 0. The molecule has 1 unspecified atom stereocenters. The predicted octanol–water partition coefficient (Wildman–Crippen LogP) is 1.16. The lowest BCUT2D eigenvalue weighted by atomic mass is 9.85. The largest absolute Gasteiger partial charge is 0.481 e. The van der Waals surface area contributed by atoms with Crippen molar-refractivity contribution < 1.29 is 14.3 Å². The van der Waals surface area contributed by atoms with Crippen LogP contribution in [0.4, 0.5) is 0 Å². The van der Waals surface area contributed by atoms with E-state index in [1.54, 1.807) is 20.4 Å². The smallest absolute Gasteiger partial charge is 0.230 e. The number of likely N-dealkylation sites (tertiary alicyclic amines) is 2. The second kappa shape index (κ2) is 6.84. The summed E-state index contributed by atoms with van der Waals surface area (Å²) in [5, 5.41) is 0. The average molecular weight is 319 g/mol. The van der Waals surface area contributed by atoms with Gasteiger partial charge < -0.3 is 14.4 Å². The molecule has 0 aromatic carbocycles. The number of aromatic nitrogens is 1. The minimum absolute atomic E-state index is 0.176. The van der Waals surface area contributed by atoms with Gasteiger partial charge >= 0.3 is 0 Å². The molecule has 1 atom stereocenters. The van der Waals surface area contributed by atoms with Gasteiger partial charge in [-0.05, 0) is 31.0 Å². The second-order valence-electron chi connectivity index (χ2n) is 6.48. The minimum atomic E-state index is -0.176. The lowest BCUT2D eigenvalue weighted by molar-refractivity contribution is -0.136. The first-order chi connectivity index (χ1) is 11.2. The minimum Gasteiger partial charge on any atom is -0.481 e. The molecule has 6 nitrogen and oxygen atoms in total. The highest BCUT2D eigenvalue weighted by Gasteiger charge is 2.50. The van der Waals surface area contributed by atoms with Crippen LogP contribution in [0.25, 0.3) is 0 Å². The summed E-state index contributed by atoms with van der Waals surface area (Å²) in [6.45, 7) is 4.83. The number of carbonyl (C=O) groups is 1. The fourth-order valence-corrected chi connectivity index (χ4v) is 3.70. The lowest BCUT2D eigenvalue weighted by Gasteiger charge is -2.23. The van der Waals surface area contributed by atoms with Crippen molar-refractivity contribution in [3.8, 4) is 5.88 Å². The Balaban J connectivity index is 1.61. The molecule has 0 aliphatic carbocycles. The van der Waals surface area contributed by atoms with E-state index >= 15 is 0 Å². The van der Waals surface area contributed by atoms with Gasteiger partial charge in [0.1, 0.15) is 0 Å². The molecule has 1 aromatic rings. The topological polar surface area (TPSA) is 54.9 Å². The number of carbonyl (C=O) groups excluding carboxylic acids is 1. The molecule has 2 fully saturated rings. The number of nitrogens with zero attached hydrogens (tertiary/aromatic N) is 3. The van der Waals surface area contributed by atoms with Crippen molar-refractivity contribution in [3.05, 3.63) is 23.9 Å². The third kappa shape index (κ3) is 3.33. The number of hydrogen-bond donors (Lipinski definition) is 0. The van der Waals surface area contributed by atoms with E-state index in [9.17, 15) is 4.79 Å². The first-order valence-electron chi connectivity index (χ1n) is 8.16. The van der Waals surface area contributed by atoms with Crippen LogP contribution in [-0.4, -0.2) is 67.7 Å². The zero-order valence-electron chi connectivity index (χ0n) is 14.0. The molecule has 0 saturated carbocycles. The zero-order chi connectivity index (χ0) is 16.3. The van der Waals surface area contributed by atoms with Crippen molar-refractivity contribution in [2.24, 2.45) is 5.41 Å². The summed E-state index contributed by atoms with van der Waals surface area (Å²) in [5.74, 6) is 0.948. The first-order valence-corrected chi connectivity index (χ1v) is 8.16. The summed E-state index contributed by atoms with van der Waals surface area (Å²) in [5.41, 5.74) is 1.00. The third-order valence-corrected chi connectivity index (χ3v) is 5.01. The molecule has 0 radical (unpaired) electrons. The van der Waals surface area contributed by atoms with E-state index in [-0.39, 0.29) is 5.41 Å². The van der Waals surface area contributed by atoms with Crippen LogP contribution in [0.5, 0.6) is 5.88 Å². The molecule has 6 heteroatoms. The molecule has 3 rings (SSSR count). The Bertz CT molecular complexity index is 566. The van der Waals surface area contributed by atoms with Gasteiger partial charge in [0.15, 0.2) is 0 Å². The normalized spacial score (nSPS) is 24.8. The number of amides is 1. The summed E-state index contributed by atoms with van der Waals surface area (Å²) in [7, 11) is 3.30. The van der Waals surface area contributed by atoms with Crippen molar-refractivity contribution in [1.82, 2.24) is 14.8 Å². The Hall–Kier alpha value is -1.66. The predicted molar refractivity (Wildman–Crippen MR) is 86.2 cm³/mol. The first kappa shape index (κ1) is 16.2. The Kier molecular flexibility index (Phi) is 4.82. The average Bonchev–Trinajstić information content (AvgIpc) is 3.11. The van der Waals surface area contributed by atoms with E-state index in [2.05, 4.69) is 9.88 Å². The molecule has 1 aromatic heterocycles. The monoisotopic (exact) mass is 319 g/mol. The van der Waals surface area contributed by atoms with Crippen molar-refractivity contribution in [2.75, 3.05) is 47.0 Å². The highest BCUT2D eigenvalue weighted by Crippen LogP contribution is 2.41. The molecule has 1 amide bonds. The van der Waals surface area contributed by atoms with Gasteiger partial charge in [-0.2, -0.15) is 0 Å². The van der Waals surface area contributed by atoms with Gasteiger partial charge in [-0.1, -0.05) is 0 Å². The summed E-state index contributed by atoms with van der Waals surface area (Å²) < 4.78 is 10.3. The highest BCUT2D eigenvalue weighted by molar-refractivity contribution is 5.85. The van der Waals surface area contributed by atoms with Crippen LogP contribution in [0, 0.1) is 5.41 Å². The molecule has 2 saturated heterocycles. The van der Waals surface area contributed by atoms with Gasteiger partial charge in [-0.3, -0.25) is 9.69 Å². The van der Waals surface area contributed by atoms with Crippen LogP contribution in [-0.2, 0) is 16.1 Å². The third-order valence-electron chi connectivity index (χ3n) is 5.01. The molecule has 0 N–H and O–H groups in total. The van der Waals surface area contributed by atoms with Crippen molar-refractivity contribution in [2.45, 2.75) is 19.4 Å². The fourth-order valence-electron chi connectivity index (χ4n) is 3.70. The van der Waals surface area contributed by atoms with E-state index in [0.29, 0.717) is 24.9 Å². The molecule has 0 bridgehead atoms. The fraction of sp³-hybridized carbons (Fsp3) is 0.647. The summed E-state index contributed by atoms with van der Waals surface area (Å²) in [6, 6.07) is 3.97. The van der Waals surface area contributed by atoms with Crippen molar-refractivity contribution in [3.63, 3.8) is 0 Å². The van der Waals surface area contributed by atoms with Crippen molar-refractivity contribution >= 4 is 5.91 Å². The van der Waals surface area contributed by atoms with Gasteiger partial charge in [0.25, 0.3) is 0 Å². The van der Waals surface area contributed by atoms with Gasteiger partial charge in [0.2, 0.25) is 11.8 Å². The van der Waals surface area contributed by atoms with Crippen LogP contribution in [0.2, 0.25) is 0 Å². The van der Waals surface area contributed by atoms with E-state index in [1.165, 1.54) is 5.56 Å². The van der Waals surface area contributed by atoms with Crippen molar-refractivity contribution in [1.29, 1.82) is 0 Å². The lowest BCUT2D eigenvalue weighted by Crippen LogP contribution is -2.38. The van der Waals surface area contributed by atoms with E-state index in [0.717, 1.165) is 39.0 Å². The van der Waals surface area contributed by atoms with E-state index < -0.39 is 0 Å². The number of pyridine rings is 1. The summed E-state index contributed by atoms with van der Waals surface area (Å²) in [6.07, 6.45) is 3.69. The van der Waals surface area contributed by atoms with E-state index in [4.69, 9.17) is 9.47 Å². The maximum absolute atomic E-state index is 12.7. The molecular formula is C17H25N3O3. The van der Waals surface area contributed by atoms with Gasteiger partial charge in [-0.15, -0.1) is 0 Å². The van der Waals surface area contributed by atoms with Crippen LogP contribution >= 0.6 is 0 Å². The SMILES string of the molecule is COCCN1CCC2(CCN(Cc3ccnc(OC)c3)C2)C1=O. The number of rotatable bonds is 6. The van der Waals surface area contributed by atoms with Crippen LogP contribution in [0.3, 0.4) is 0 Å². The van der Waals surface area contributed by atoms with Gasteiger partial charge in [0.05, 0.1) is 19.1 Å². The van der Waals surface area contributed by atoms with Gasteiger partial charge in [0, 0.05) is 45.6 Å². The standard InChI is InChI=1S/C17H25N3O3/c1-22-10-9-20-8-5-17(16(20)21)4-7-19(13-17)12-14-3-6-18-15(11-14)23-2/h3,6,11H,4-5,7-10,12-13H2,1-2H3. The highest BCUT2D eigenvalue weighted by atomic mass is 16.5. The maximum atomic E-state index is 12.7. The summed E-state index contributed by atoms with van der Waals surface area (Å²) in [4.78, 5) is 21.2.